The molecule has 1 aliphatic heterocycles. The van der Waals surface area contributed by atoms with Gasteiger partial charge in [-0.2, -0.15) is 0 Å². The van der Waals surface area contributed by atoms with Crippen LogP contribution in [-0.4, -0.2) is 53.8 Å². The second-order valence-electron chi connectivity index (χ2n) is 8.19. The first-order chi connectivity index (χ1) is 12.9. The van der Waals surface area contributed by atoms with Crippen molar-refractivity contribution in [3.8, 4) is 5.75 Å². The Labute approximate surface area is 165 Å². The Balaban J connectivity index is 2.37. The summed E-state index contributed by atoms with van der Waals surface area (Å²) < 4.78 is 24.0. The summed E-state index contributed by atoms with van der Waals surface area (Å²) in [4.78, 5) is 24.5. The number of hydrogen-bond donors (Lipinski definition) is 1. The summed E-state index contributed by atoms with van der Waals surface area (Å²) in [6, 6.07) is 0.257. The number of rotatable bonds is 8. The van der Waals surface area contributed by atoms with Crippen LogP contribution in [-0.2, 0) is 18.8 Å². The number of nitrogens with zero attached hydrogens (tertiary/aromatic N) is 1. The first-order valence-electron chi connectivity index (χ1n) is 9.39. The number of ether oxygens (including phenoxy) is 2. The Hall–Kier alpha value is -1.84. The summed E-state index contributed by atoms with van der Waals surface area (Å²) in [5, 5.41) is 9.59. The first-order valence-corrected chi connectivity index (χ1v) is 9.39. The number of carbonyl (C=O) groups is 1. The molecule has 0 amide bonds. The van der Waals surface area contributed by atoms with Crippen molar-refractivity contribution in [1.82, 2.24) is 4.57 Å². The van der Waals surface area contributed by atoms with Crippen molar-refractivity contribution in [1.29, 1.82) is 0 Å². The third kappa shape index (κ3) is 4.59. The minimum atomic E-state index is -1.11. The van der Waals surface area contributed by atoms with Crippen LogP contribution < -0.4 is 15.8 Å². The maximum Gasteiger partial charge on any atom is 0.498 e. The highest BCUT2D eigenvalue weighted by Crippen LogP contribution is 2.37. The van der Waals surface area contributed by atoms with Crippen LogP contribution in [0.3, 0.4) is 0 Å². The fourth-order valence-corrected chi connectivity index (χ4v) is 2.91. The van der Waals surface area contributed by atoms with E-state index < -0.39 is 35.9 Å². The average Bonchev–Trinajstić information content (AvgIpc) is 2.79. The number of methoxy groups -OCH3 is 1. The zero-order chi connectivity index (χ0) is 21.3. The van der Waals surface area contributed by atoms with E-state index in [0.29, 0.717) is 11.2 Å². The number of aliphatic carboxylic acids is 1. The van der Waals surface area contributed by atoms with Crippen LogP contribution in [0, 0.1) is 0 Å². The minimum absolute atomic E-state index is 0.0218. The molecule has 0 spiro atoms. The molecule has 2 heterocycles. The largest absolute Gasteiger partial charge is 0.498 e. The maximum absolute atomic E-state index is 12.7. The zero-order valence-electron chi connectivity index (χ0n) is 17.6. The van der Waals surface area contributed by atoms with Crippen molar-refractivity contribution in [3.05, 3.63) is 22.6 Å². The van der Waals surface area contributed by atoms with Crippen molar-refractivity contribution in [2.24, 2.45) is 0 Å². The van der Waals surface area contributed by atoms with Crippen LogP contribution in [0.2, 0.25) is 0 Å². The summed E-state index contributed by atoms with van der Waals surface area (Å²) in [5.41, 5.74) is -1.18. The first kappa shape index (κ1) is 22.5. The van der Waals surface area contributed by atoms with Gasteiger partial charge in [-0.3, -0.25) is 9.36 Å². The Morgan fingerprint density at radius 3 is 2.29 bits per heavy atom. The van der Waals surface area contributed by atoms with Gasteiger partial charge < -0.3 is 23.9 Å². The number of carboxylic acid groups (broad SMARTS) is 1. The van der Waals surface area contributed by atoms with Gasteiger partial charge >= 0.3 is 13.1 Å². The van der Waals surface area contributed by atoms with E-state index in [1.54, 1.807) is 0 Å². The summed E-state index contributed by atoms with van der Waals surface area (Å²) in [7, 11) is 0.672. The fourth-order valence-electron chi connectivity index (χ4n) is 2.91. The van der Waals surface area contributed by atoms with Crippen LogP contribution in [0.1, 0.15) is 54.0 Å². The van der Waals surface area contributed by atoms with Gasteiger partial charge in [-0.25, -0.2) is 4.79 Å². The molecule has 28 heavy (non-hydrogen) atoms. The zero-order valence-corrected chi connectivity index (χ0v) is 17.6. The highest BCUT2D eigenvalue weighted by atomic mass is 16.7. The van der Waals surface area contributed by atoms with E-state index >= 15 is 0 Å². The highest BCUT2D eigenvalue weighted by Gasteiger charge is 2.52. The fraction of sp³-hybridized carbons (Fsp3) is 0.684. The molecule has 0 saturated carbocycles. The average molecular weight is 395 g/mol. The number of hydrogen-bond acceptors (Lipinski definition) is 6. The van der Waals surface area contributed by atoms with E-state index in [9.17, 15) is 14.7 Å². The van der Waals surface area contributed by atoms with Gasteiger partial charge in [0.2, 0.25) is 0 Å². The molecule has 9 heteroatoms. The lowest BCUT2D eigenvalue weighted by Crippen LogP contribution is -2.41. The third-order valence-corrected chi connectivity index (χ3v) is 5.26. The summed E-state index contributed by atoms with van der Waals surface area (Å²) in [6.07, 6.45) is 1.54. The number of aromatic nitrogens is 1. The van der Waals surface area contributed by atoms with E-state index in [4.69, 9.17) is 18.8 Å². The molecule has 2 rings (SSSR count). The molecule has 1 saturated heterocycles. The Morgan fingerprint density at radius 2 is 1.82 bits per heavy atom. The molecule has 0 bridgehead atoms. The molecule has 0 aromatic carbocycles. The molecule has 1 unspecified atom stereocenters. The van der Waals surface area contributed by atoms with E-state index in [1.807, 2.05) is 41.5 Å². The monoisotopic (exact) mass is 395 g/mol. The quantitative estimate of drug-likeness (QED) is 0.668. The van der Waals surface area contributed by atoms with Crippen molar-refractivity contribution in [2.45, 2.75) is 71.3 Å². The SMILES string of the molecule is COc1cn(C(CCOC(C)C)C(=O)O)c(=O)cc1B1OC(C)(C)C(C)(C)O1. The van der Waals surface area contributed by atoms with Crippen molar-refractivity contribution in [2.75, 3.05) is 13.7 Å². The normalized spacial score (nSPS) is 19.1. The Kier molecular flexibility index (Phi) is 6.63. The Morgan fingerprint density at radius 1 is 1.25 bits per heavy atom. The number of carboxylic acids is 1. The lowest BCUT2D eigenvalue weighted by molar-refractivity contribution is -0.141. The van der Waals surface area contributed by atoms with E-state index in [-0.39, 0.29) is 19.1 Å². The molecule has 156 valence electrons. The molecule has 1 fully saturated rings. The lowest BCUT2D eigenvalue weighted by Gasteiger charge is -2.32. The van der Waals surface area contributed by atoms with Crippen LogP contribution in [0.4, 0.5) is 0 Å². The van der Waals surface area contributed by atoms with Gasteiger partial charge in [0, 0.05) is 30.8 Å². The van der Waals surface area contributed by atoms with Crippen LogP contribution in [0.15, 0.2) is 17.1 Å². The van der Waals surface area contributed by atoms with Crippen LogP contribution in [0.5, 0.6) is 5.75 Å². The van der Waals surface area contributed by atoms with E-state index in [2.05, 4.69) is 0 Å². The molecule has 0 radical (unpaired) electrons. The summed E-state index contributed by atoms with van der Waals surface area (Å²) in [6.45, 7) is 11.6. The van der Waals surface area contributed by atoms with E-state index in [0.717, 1.165) is 4.57 Å². The molecule has 1 N–H and O–H groups in total. The third-order valence-electron chi connectivity index (χ3n) is 5.26. The van der Waals surface area contributed by atoms with E-state index in [1.165, 1.54) is 19.4 Å². The molecule has 1 atom stereocenters. The van der Waals surface area contributed by atoms with Crippen LogP contribution >= 0.6 is 0 Å². The molecular weight excluding hydrogens is 365 g/mol. The van der Waals surface area contributed by atoms with Gasteiger partial charge in [0.1, 0.15) is 11.8 Å². The second kappa shape index (κ2) is 8.27. The predicted octanol–water partition coefficient (Wildman–Crippen LogP) is 1.60. The van der Waals surface area contributed by atoms with Crippen molar-refractivity contribution >= 4 is 18.6 Å². The second-order valence-corrected chi connectivity index (χ2v) is 8.19. The molecule has 1 aliphatic rings. The van der Waals surface area contributed by atoms with Crippen molar-refractivity contribution in [3.63, 3.8) is 0 Å². The van der Waals surface area contributed by atoms with Crippen LogP contribution in [0.25, 0.3) is 0 Å². The molecular formula is C19H30BNO7. The van der Waals surface area contributed by atoms with Gasteiger partial charge in [0.15, 0.2) is 0 Å². The molecule has 8 nitrogen and oxygen atoms in total. The van der Waals surface area contributed by atoms with Gasteiger partial charge in [-0.1, -0.05) is 0 Å². The molecule has 0 aliphatic carbocycles. The summed E-state index contributed by atoms with van der Waals surface area (Å²) >= 11 is 0. The minimum Gasteiger partial charge on any atom is -0.496 e. The lowest BCUT2D eigenvalue weighted by atomic mass is 9.79. The summed E-state index contributed by atoms with van der Waals surface area (Å²) in [5.74, 6) is -0.783. The topological polar surface area (TPSA) is 96.2 Å². The van der Waals surface area contributed by atoms with Gasteiger partial charge in [0.05, 0.1) is 24.4 Å². The number of pyridine rings is 1. The smallest absolute Gasteiger partial charge is 0.496 e. The molecule has 1 aromatic heterocycles. The highest BCUT2D eigenvalue weighted by molar-refractivity contribution is 6.63. The Bertz CT molecular complexity index is 756. The van der Waals surface area contributed by atoms with Crippen molar-refractivity contribution < 1.29 is 28.7 Å². The predicted molar refractivity (Wildman–Crippen MR) is 105 cm³/mol. The van der Waals surface area contributed by atoms with Gasteiger partial charge in [-0.15, -0.1) is 0 Å². The maximum atomic E-state index is 12.7. The van der Waals surface area contributed by atoms with Gasteiger partial charge in [0.25, 0.3) is 5.56 Å². The standard InChI is InChI=1S/C19H30BNO7/c1-12(2)26-9-8-14(17(23)24)21-11-15(25-7)13(10-16(21)22)20-27-18(3,4)19(5,6)28-20/h10-12,14H,8-9H2,1-7H3,(H,23,24). The molecule has 1 aromatic rings. The van der Waals surface area contributed by atoms with Gasteiger partial charge in [-0.05, 0) is 41.5 Å².